The molecule has 5 heteroatoms. The largest absolute Gasteiger partial charge is 0.416 e. The highest BCUT2D eigenvalue weighted by molar-refractivity contribution is 5.60. The summed E-state index contributed by atoms with van der Waals surface area (Å²) in [6.45, 7) is 4.19. The van der Waals surface area contributed by atoms with Crippen LogP contribution in [-0.4, -0.2) is 12.1 Å². The molecule has 0 bridgehead atoms. The highest BCUT2D eigenvalue weighted by atomic mass is 19.4. The molecule has 2 nitrogen and oxygen atoms in total. The molecule has 4 rings (SSSR count). The smallest absolute Gasteiger partial charge is 0.378 e. The first-order chi connectivity index (χ1) is 12.8. The number of benzene rings is 2. The summed E-state index contributed by atoms with van der Waals surface area (Å²) in [5, 5.41) is 7.15. The molecule has 0 unspecified atom stereocenters. The van der Waals surface area contributed by atoms with Crippen LogP contribution in [0.5, 0.6) is 0 Å². The molecule has 0 saturated heterocycles. The molecule has 2 aromatic carbocycles. The molecule has 1 heterocycles. The lowest BCUT2D eigenvalue weighted by Crippen LogP contribution is -2.41. The van der Waals surface area contributed by atoms with Gasteiger partial charge in [-0.05, 0) is 48.1 Å². The number of hydrogen-bond acceptors (Lipinski definition) is 2. The summed E-state index contributed by atoms with van der Waals surface area (Å²) in [6.07, 6.45) is -2.34. The van der Waals surface area contributed by atoms with Crippen LogP contribution in [0, 0.1) is 5.92 Å². The fourth-order valence-electron chi connectivity index (χ4n) is 4.88. The fraction of sp³-hybridized carbons (Fsp3) is 0.455. The van der Waals surface area contributed by atoms with Crippen LogP contribution in [0.25, 0.3) is 0 Å². The van der Waals surface area contributed by atoms with E-state index in [1.807, 2.05) is 18.2 Å². The van der Waals surface area contributed by atoms with Crippen molar-refractivity contribution in [3.05, 3.63) is 65.2 Å². The van der Waals surface area contributed by atoms with Crippen molar-refractivity contribution in [1.29, 1.82) is 0 Å². The van der Waals surface area contributed by atoms with E-state index >= 15 is 0 Å². The Balaban J connectivity index is 1.79. The van der Waals surface area contributed by atoms with E-state index in [-0.39, 0.29) is 23.9 Å². The summed E-state index contributed by atoms with van der Waals surface area (Å²) in [5.41, 5.74) is 2.27. The molecule has 4 atom stereocenters. The predicted octanol–water partition coefficient (Wildman–Crippen LogP) is 5.73. The van der Waals surface area contributed by atoms with Crippen LogP contribution in [-0.2, 0) is 6.18 Å². The zero-order chi connectivity index (χ0) is 19.2. The van der Waals surface area contributed by atoms with Crippen LogP contribution in [0.3, 0.4) is 0 Å². The number of hydrogen-bond donors (Lipinski definition) is 2. The van der Waals surface area contributed by atoms with Gasteiger partial charge in [0.1, 0.15) is 0 Å². The second-order valence-electron chi connectivity index (χ2n) is 8.03. The first-order valence-electron chi connectivity index (χ1n) is 9.63. The van der Waals surface area contributed by atoms with Crippen molar-refractivity contribution in [2.75, 3.05) is 5.32 Å². The summed E-state index contributed by atoms with van der Waals surface area (Å²) in [4.78, 5) is 0. The topological polar surface area (TPSA) is 24.1 Å². The number of alkyl halides is 3. The molecule has 2 N–H and O–H groups in total. The highest BCUT2D eigenvalue weighted by Crippen LogP contribution is 2.53. The molecule has 1 aliphatic heterocycles. The molecule has 0 spiro atoms. The van der Waals surface area contributed by atoms with Gasteiger partial charge in [0.05, 0.1) is 11.6 Å². The zero-order valence-corrected chi connectivity index (χ0v) is 15.6. The number of anilines is 1. The standard InChI is InChI=1S/C22H25F3N2/c1-13(2)26-19-11-9-16-20(19)17-12-15(22(23,24)25)8-10-18(17)27-21(16)14-6-4-3-5-7-14/h3-8,10,12-13,16,19-21,26-27H,9,11H2,1-2H3/t16-,19+,20+,21-/m1/s1. The van der Waals surface area contributed by atoms with Crippen LogP contribution < -0.4 is 10.6 Å². The maximum atomic E-state index is 13.3. The minimum absolute atomic E-state index is 0.0798. The van der Waals surface area contributed by atoms with Gasteiger partial charge in [-0.3, -0.25) is 0 Å². The van der Waals surface area contributed by atoms with E-state index in [4.69, 9.17) is 0 Å². The maximum absolute atomic E-state index is 13.3. The van der Waals surface area contributed by atoms with E-state index in [1.165, 1.54) is 17.7 Å². The Bertz CT molecular complexity index is 801. The highest BCUT2D eigenvalue weighted by Gasteiger charge is 2.46. The van der Waals surface area contributed by atoms with Crippen LogP contribution in [0.1, 0.15) is 55.3 Å². The van der Waals surface area contributed by atoms with E-state index in [0.717, 1.165) is 24.1 Å². The van der Waals surface area contributed by atoms with E-state index in [9.17, 15) is 13.2 Å². The van der Waals surface area contributed by atoms with Gasteiger partial charge in [0.25, 0.3) is 0 Å². The van der Waals surface area contributed by atoms with Gasteiger partial charge in [-0.2, -0.15) is 13.2 Å². The predicted molar refractivity (Wildman–Crippen MR) is 102 cm³/mol. The van der Waals surface area contributed by atoms with Gasteiger partial charge in [-0.1, -0.05) is 44.2 Å². The summed E-state index contributed by atoms with van der Waals surface area (Å²) in [7, 11) is 0. The van der Waals surface area contributed by atoms with Gasteiger partial charge in [0, 0.05) is 23.7 Å². The SMILES string of the molecule is CC(C)N[C@H]1CC[C@@H]2[C@H]1c1cc(C(F)(F)F)ccc1N[C@@H]2c1ccccc1. The summed E-state index contributed by atoms with van der Waals surface area (Å²) in [6, 6.07) is 15.0. The van der Waals surface area contributed by atoms with Gasteiger partial charge in [-0.15, -0.1) is 0 Å². The molecular weight excluding hydrogens is 349 g/mol. The minimum atomic E-state index is -4.32. The molecule has 1 fully saturated rings. The van der Waals surface area contributed by atoms with Crippen molar-refractivity contribution in [3.63, 3.8) is 0 Å². The van der Waals surface area contributed by atoms with Crippen molar-refractivity contribution in [3.8, 4) is 0 Å². The van der Waals surface area contributed by atoms with Gasteiger partial charge < -0.3 is 10.6 Å². The zero-order valence-electron chi connectivity index (χ0n) is 15.6. The summed E-state index contributed by atoms with van der Waals surface area (Å²) >= 11 is 0. The van der Waals surface area contributed by atoms with Gasteiger partial charge in [0.2, 0.25) is 0 Å². The maximum Gasteiger partial charge on any atom is 0.416 e. The molecular formula is C22H25F3N2. The molecule has 2 aromatic rings. The first kappa shape index (κ1) is 18.4. The molecule has 27 heavy (non-hydrogen) atoms. The van der Waals surface area contributed by atoms with Gasteiger partial charge in [-0.25, -0.2) is 0 Å². The Hall–Kier alpha value is -2.01. The Morgan fingerprint density at radius 3 is 2.44 bits per heavy atom. The quantitative estimate of drug-likeness (QED) is 0.717. The molecule has 2 aliphatic rings. The van der Waals surface area contributed by atoms with Gasteiger partial charge in [0.15, 0.2) is 0 Å². The minimum Gasteiger partial charge on any atom is -0.378 e. The van der Waals surface area contributed by atoms with E-state index in [2.05, 4.69) is 36.6 Å². The summed E-state index contributed by atoms with van der Waals surface area (Å²) < 4.78 is 39.9. The van der Waals surface area contributed by atoms with Crippen molar-refractivity contribution >= 4 is 5.69 Å². The average molecular weight is 374 g/mol. The molecule has 1 saturated carbocycles. The van der Waals surface area contributed by atoms with Crippen LogP contribution in [0.4, 0.5) is 18.9 Å². The lowest BCUT2D eigenvalue weighted by molar-refractivity contribution is -0.137. The molecule has 1 aliphatic carbocycles. The molecule has 0 amide bonds. The number of fused-ring (bicyclic) bond motifs is 3. The lowest BCUT2D eigenvalue weighted by Gasteiger charge is -2.40. The van der Waals surface area contributed by atoms with Gasteiger partial charge >= 0.3 is 6.18 Å². The van der Waals surface area contributed by atoms with Crippen molar-refractivity contribution in [2.45, 2.75) is 56.9 Å². The fourth-order valence-corrected chi connectivity index (χ4v) is 4.88. The normalized spacial score (nSPS) is 27.2. The number of nitrogens with one attached hydrogen (secondary N) is 2. The van der Waals surface area contributed by atoms with Crippen molar-refractivity contribution < 1.29 is 13.2 Å². The van der Waals surface area contributed by atoms with Crippen LogP contribution in [0.15, 0.2) is 48.5 Å². The number of rotatable bonds is 3. The second-order valence-corrected chi connectivity index (χ2v) is 8.03. The molecule has 144 valence electrons. The van der Waals surface area contributed by atoms with Crippen molar-refractivity contribution in [2.24, 2.45) is 5.92 Å². The van der Waals surface area contributed by atoms with Crippen LogP contribution in [0.2, 0.25) is 0 Å². The third-order valence-electron chi connectivity index (χ3n) is 5.89. The third-order valence-corrected chi connectivity index (χ3v) is 5.89. The van der Waals surface area contributed by atoms with Crippen LogP contribution >= 0.6 is 0 Å². The summed E-state index contributed by atoms with van der Waals surface area (Å²) in [5.74, 6) is 0.357. The monoisotopic (exact) mass is 374 g/mol. The Morgan fingerprint density at radius 2 is 1.78 bits per heavy atom. The third kappa shape index (κ3) is 3.45. The van der Waals surface area contributed by atoms with E-state index in [1.54, 1.807) is 6.07 Å². The molecule has 0 aromatic heterocycles. The van der Waals surface area contributed by atoms with E-state index in [0.29, 0.717) is 6.04 Å². The molecule has 0 radical (unpaired) electrons. The Morgan fingerprint density at radius 1 is 1.04 bits per heavy atom. The first-order valence-corrected chi connectivity index (χ1v) is 9.63. The number of halogens is 3. The van der Waals surface area contributed by atoms with E-state index < -0.39 is 11.7 Å². The Kier molecular flexibility index (Phi) is 4.66. The van der Waals surface area contributed by atoms with Crippen molar-refractivity contribution in [1.82, 2.24) is 5.32 Å². The lowest BCUT2D eigenvalue weighted by atomic mass is 9.75. The average Bonchev–Trinajstić information content (AvgIpc) is 3.04. The second kappa shape index (κ2) is 6.86. The Labute approximate surface area is 158 Å².